The highest BCUT2D eigenvalue weighted by Gasteiger charge is 2.31. The number of rotatable bonds is 5. The van der Waals surface area contributed by atoms with Crippen molar-refractivity contribution in [1.82, 2.24) is 9.88 Å². The predicted molar refractivity (Wildman–Crippen MR) is 118 cm³/mol. The number of oxazole rings is 1. The maximum atomic E-state index is 13.1. The summed E-state index contributed by atoms with van der Waals surface area (Å²) in [5.74, 6) is 2.05. The van der Waals surface area contributed by atoms with E-state index in [2.05, 4.69) is 4.98 Å². The molecule has 8 heteroatoms. The molecule has 2 aliphatic rings. The fraction of sp³-hybridized carbons (Fsp3) is 0.333. The smallest absolute Gasteiger partial charge is 0.256 e. The van der Waals surface area contributed by atoms with Crippen LogP contribution in [0.25, 0.3) is 11.3 Å². The van der Waals surface area contributed by atoms with Gasteiger partial charge in [-0.15, -0.1) is 0 Å². The summed E-state index contributed by atoms with van der Waals surface area (Å²) < 4.78 is 30.4. The van der Waals surface area contributed by atoms with Crippen LogP contribution in [0.15, 0.2) is 58.3 Å². The van der Waals surface area contributed by atoms with Gasteiger partial charge in [0.05, 0.1) is 31.2 Å². The van der Waals surface area contributed by atoms with Gasteiger partial charge in [-0.25, -0.2) is 9.37 Å². The van der Waals surface area contributed by atoms with Gasteiger partial charge in [-0.3, -0.25) is 4.79 Å². The van der Waals surface area contributed by atoms with Crippen molar-refractivity contribution in [3.05, 3.63) is 60.0 Å². The molecular formula is C24H23FN2O4S. The number of halogens is 1. The molecule has 5 rings (SSSR count). The lowest BCUT2D eigenvalue weighted by molar-refractivity contribution is -0.129. The Morgan fingerprint density at radius 3 is 2.75 bits per heavy atom. The van der Waals surface area contributed by atoms with E-state index in [1.54, 1.807) is 18.3 Å². The third-order valence-corrected chi connectivity index (χ3v) is 6.49. The van der Waals surface area contributed by atoms with E-state index in [9.17, 15) is 9.18 Å². The summed E-state index contributed by atoms with van der Waals surface area (Å²) in [6.07, 6.45) is 4.34. The van der Waals surface area contributed by atoms with Gasteiger partial charge in [-0.2, -0.15) is 0 Å². The number of hydrogen-bond acceptors (Lipinski definition) is 6. The zero-order valence-electron chi connectivity index (χ0n) is 17.5. The molecule has 6 nitrogen and oxygen atoms in total. The molecule has 0 bridgehead atoms. The molecule has 166 valence electrons. The van der Waals surface area contributed by atoms with E-state index in [0.29, 0.717) is 24.2 Å². The summed E-state index contributed by atoms with van der Waals surface area (Å²) in [5.41, 5.74) is 1.81. The van der Waals surface area contributed by atoms with Crippen molar-refractivity contribution in [2.45, 2.75) is 30.5 Å². The summed E-state index contributed by atoms with van der Waals surface area (Å²) in [6.45, 7) is 2.02. The first-order valence-corrected chi connectivity index (χ1v) is 11.7. The number of amides is 1. The molecule has 1 amide bonds. The van der Waals surface area contributed by atoms with Gasteiger partial charge in [0, 0.05) is 18.5 Å². The van der Waals surface area contributed by atoms with Crippen LogP contribution in [-0.4, -0.2) is 41.3 Å². The van der Waals surface area contributed by atoms with Gasteiger partial charge in [-0.05, 0) is 54.8 Å². The number of benzene rings is 2. The second kappa shape index (κ2) is 9.24. The highest BCUT2D eigenvalue weighted by atomic mass is 32.2. The van der Waals surface area contributed by atoms with Crippen molar-refractivity contribution in [1.29, 1.82) is 0 Å². The zero-order chi connectivity index (χ0) is 21.9. The topological polar surface area (TPSA) is 64.8 Å². The highest BCUT2D eigenvalue weighted by molar-refractivity contribution is 7.99. The van der Waals surface area contributed by atoms with Crippen LogP contribution >= 0.6 is 11.8 Å². The van der Waals surface area contributed by atoms with Crippen molar-refractivity contribution in [3.8, 4) is 22.8 Å². The first-order valence-electron chi connectivity index (χ1n) is 10.7. The summed E-state index contributed by atoms with van der Waals surface area (Å²) in [6, 6.07) is 12.0. The van der Waals surface area contributed by atoms with Crippen molar-refractivity contribution >= 4 is 17.7 Å². The Labute approximate surface area is 189 Å². The Balaban J connectivity index is 1.24. The van der Waals surface area contributed by atoms with E-state index in [4.69, 9.17) is 13.9 Å². The van der Waals surface area contributed by atoms with Crippen LogP contribution in [0.4, 0.5) is 4.39 Å². The number of fused-ring (bicyclic) bond motifs is 1. The number of carbonyl (C=O) groups is 1. The molecule has 1 unspecified atom stereocenters. The first kappa shape index (κ1) is 20.9. The van der Waals surface area contributed by atoms with Gasteiger partial charge < -0.3 is 18.8 Å². The number of ether oxygens (including phenoxy) is 2. The van der Waals surface area contributed by atoms with Crippen LogP contribution in [-0.2, 0) is 4.79 Å². The number of nitrogens with zero attached hydrogens (tertiary/aromatic N) is 2. The number of thioether (sulfide) groups is 1. The van der Waals surface area contributed by atoms with E-state index in [1.807, 2.05) is 23.1 Å². The summed E-state index contributed by atoms with van der Waals surface area (Å²) in [4.78, 5) is 19.2. The number of hydrogen-bond donors (Lipinski definition) is 0. The lowest BCUT2D eigenvalue weighted by atomic mass is 10.0. The largest absolute Gasteiger partial charge is 0.490 e. The molecule has 1 fully saturated rings. The van der Waals surface area contributed by atoms with E-state index in [-0.39, 0.29) is 23.5 Å². The maximum absolute atomic E-state index is 13.1. The Morgan fingerprint density at radius 1 is 1.09 bits per heavy atom. The molecule has 1 atom stereocenters. The standard InChI is InChI=1S/C24H23FN2O4S/c25-18-7-4-16(5-8-18)22-14-26-24(31-22)32-15-23(28)27-10-1-3-19(27)17-6-9-20-21(13-17)30-12-2-11-29-20/h4-9,13-14,19H,1-3,10-12,15H2. The number of likely N-dealkylation sites (tertiary alicyclic amines) is 1. The van der Waals surface area contributed by atoms with Crippen molar-refractivity contribution in [3.63, 3.8) is 0 Å². The second-order valence-corrected chi connectivity index (χ2v) is 8.71. The molecule has 0 saturated carbocycles. The monoisotopic (exact) mass is 454 g/mol. The first-order chi connectivity index (χ1) is 15.7. The third-order valence-electron chi connectivity index (χ3n) is 5.66. The van der Waals surface area contributed by atoms with Gasteiger partial charge in [0.2, 0.25) is 5.91 Å². The SMILES string of the molecule is O=C(CSc1ncc(-c2ccc(F)cc2)o1)N1CCCC1c1ccc2c(c1)OCCCO2. The van der Waals surface area contributed by atoms with Crippen LogP contribution < -0.4 is 9.47 Å². The third kappa shape index (κ3) is 4.46. The van der Waals surface area contributed by atoms with Gasteiger partial charge in [0.25, 0.3) is 5.22 Å². The van der Waals surface area contributed by atoms with Crippen LogP contribution in [0.3, 0.4) is 0 Å². The number of carbonyl (C=O) groups excluding carboxylic acids is 1. The lowest BCUT2D eigenvalue weighted by Crippen LogP contribution is -2.32. The van der Waals surface area contributed by atoms with Crippen LogP contribution in [0.5, 0.6) is 11.5 Å². The molecule has 3 aromatic rings. The molecular weight excluding hydrogens is 431 g/mol. The molecule has 2 aromatic carbocycles. The summed E-state index contributed by atoms with van der Waals surface area (Å²) in [7, 11) is 0. The van der Waals surface area contributed by atoms with Gasteiger partial charge >= 0.3 is 0 Å². The summed E-state index contributed by atoms with van der Waals surface area (Å²) in [5, 5.41) is 0.420. The predicted octanol–water partition coefficient (Wildman–Crippen LogP) is 5.10. The van der Waals surface area contributed by atoms with E-state index in [0.717, 1.165) is 48.4 Å². The fourth-order valence-corrected chi connectivity index (χ4v) is 4.77. The van der Waals surface area contributed by atoms with Crippen molar-refractivity contribution < 1.29 is 23.1 Å². The molecule has 1 aromatic heterocycles. The highest BCUT2D eigenvalue weighted by Crippen LogP contribution is 2.38. The molecule has 0 aliphatic carbocycles. The minimum absolute atomic E-state index is 0.0274. The van der Waals surface area contributed by atoms with E-state index >= 15 is 0 Å². The molecule has 0 radical (unpaired) electrons. The minimum atomic E-state index is -0.304. The quantitative estimate of drug-likeness (QED) is 0.500. The Kier molecular flexibility index (Phi) is 6.03. The van der Waals surface area contributed by atoms with E-state index < -0.39 is 0 Å². The van der Waals surface area contributed by atoms with Crippen LogP contribution in [0.1, 0.15) is 30.9 Å². The lowest BCUT2D eigenvalue weighted by Gasteiger charge is -2.25. The van der Waals surface area contributed by atoms with Crippen LogP contribution in [0.2, 0.25) is 0 Å². The molecule has 0 spiro atoms. The Hall–Kier alpha value is -3.00. The Bertz CT molecular complexity index is 1100. The zero-order valence-corrected chi connectivity index (χ0v) is 18.3. The minimum Gasteiger partial charge on any atom is -0.490 e. The maximum Gasteiger partial charge on any atom is 0.256 e. The van der Waals surface area contributed by atoms with Crippen molar-refractivity contribution in [2.24, 2.45) is 0 Å². The fourth-order valence-electron chi connectivity index (χ4n) is 4.08. The molecule has 2 aliphatic heterocycles. The average molecular weight is 455 g/mol. The molecule has 0 N–H and O–H groups in total. The Morgan fingerprint density at radius 2 is 1.91 bits per heavy atom. The van der Waals surface area contributed by atoms with E-state index in [1.165, 1.54) is 23.9 Å². The van der Waals surface area contributed by atoms with Crippen molar-refractivity contribution in [2.75, 3.05) is 25.5 Å². The molecule has 32 heavy (non-hydrogen) atoms. The van der Waals surface area contributed by atoms with Gasteiger partial charge in [0.15, 0.2) is 17.3 Å². The van der Waals surface area contributed by atoms with Gasteiger partial charge in [0.1, 0.15) is 5.82 Å². The number of aromatic nitrogens is 1. The molecule has 1 saturated heterocycles. The average Bonchev–Trinajstić information content (AvgIpc) is 3.43. The molecule has 3 heterocycles. The summed E-state index contributed by atoms with van der Waals surface area (Å²) >= 11 is 1.27. The normalized spacial score (nSPS) is 17.9. The van der Waals surface area contributed by atoms with Gasteiger partial charge in [-0.1, -0.05) is 17.8 Å². The van der Waals surface area contributed by atoms with Crippen LogP contribution in [0, 0.1) is 5.82 Å². The second-order valence-electron chi connectivity index (χ2n) is 7.79.